The molecule has 194 valence electrons. The zero-order valence-corrected chi connectivity index (χ0v) is 20.5. The number of amides is 2. The van der Waals surface area contributed by atoms with Crippen molar-refractivity contribution in [2.75, 3.05) is 13.1 Å². The maximum Gasteiger partial charge on any atom is 0.417 e. The summed E-state index contributed by atoms with van der Waals surface area (Å²) in [6.45, 7) is 6.32. The number of hydrogen-bond acceptors (Lipinski definition) is 6. The molecule has 5 rings (SSSR count). The van der Waals surface area contributed by atoms with Gasteiger partial charge in [-0.15, -0.1) is 0 Å². The molecule has 2 aliphatic heterocycles. The molecule has 2 aromatic heterocycles. The number of piperazine rings is 1. The van der Waals surface area contributed by atoms with Crippen LogP contribution in [0.5, 0.6) is 11.6 Å². The summed E-state index contributed by atoms with van der Waals surface area (Å²) >= 11 is 0. The average Bonchev–Trinajstić information content (AvgIpc) is 3.43. The third-order valence-electron chi connectivity index (χ3n) is 6.30. The number of halogens is 3. The van der Waals surface area contributed by atoms with E-state index >= 15 is 0 Å². The lowest BCUT2D eigenvalue weighted by Gasteiger charge is -2.35. The number of nitrogens with zero attached hydrogens (tertiary/aromatic N) is 4. The molecule has 0 N–H and O–H groups in total. The van der Waals surface area contributed by atoms with Crippen molar-refractivity contribution < 1.29 is 32.2 Å². The van der Waals surface area contributed by atoms with E-state index in [1.165, 1.54) is 0 Å². The van der Waals surface area contributed by atoms with Gasteiger partial charge in [-0.05, 0) is 57.5 Å². The highest BCUT2D eigenvalue weighted by molar-refractivity contribution is 5.95. The molecule has 0 unspecified atom stereocenters. The Kier molecular flexibility index (Phi) is 5.96. The van der Waals surface area contributed by atoms with Crippen molar-refractivity contribution in [1.29, 1.82) is 0 Å². The highest BCUT2D eigenvalue weighted by atomic mass is 19.4. The van der Waals surface area contributed by atoms with Crippen molar-refractivity contribution in [1.82, 2.24) is 19.8 Å². The molecule has 0 radical (unpaired) electrons. The number of aromatic nitrogens is 2. The second kappa shape index (κ2) is 8.89. The van der Waals surface area contributed by atoms with E-state index in [-0.39, 0.29) is 30.0 Å². The number of alkyl halides is 3. The number of benzene rings is 1. The highest BCUT2D eigenvalue weighted by Crippen LogP contribution is 2.34. The van der Waals surface area contributed by atoms with Crippen LogP contribution in [-0.2, 0) is 10.9 Å². The number of pyridine rings is 2. The third kappa shape index (κ3) is 5.16. The maximum atomic E-state index is 13.2. The zero-order chi connectivity index (χ0) is 26.5. The molecule has 37 heavy (non-hydrogen) atoms. The summed E-state index contributed by atoms with van der Waals surface area (Å²) in [5.74, 6) is 0.198. The van der Waals surface area contributed by atoms with Gasteiger partial charge in [-0.2, -0.15) is 13.2 Å². The van der Waals surface area contributed by atoms with Crippen LogP contribution < -0.4 is 4.74 Å². The van der Waals surface area contributed by atoms with Gasteiger partial charge >= 0.3 is 12.3 Å². The summed E-state index contributed by atoms with van der Waals surface area (Å²) < 4.78 is 49.2. The summed E-state index contributed by atoms with van der Waals surface area (Å²) in [6, 6.07) is 10.2. The minimum atomic E-state index is -4.47. The Morgan fingerprint density at radius 2 is 1.70 bits per heavy atom. The maximum absolute atomic E-state index is 13.2. The molecule has 11 heteroatoms. The molecular formula is C26H25F3N4O4. The summed E-state index contributed by atoms with van der Waals surface area (Å²) in [6.07, 6.45) is -3.41. The molecule has 2 fully saturated rings. The second-order valence-corrected chi connectivity index (χ2v) is 10.2. The topological polar surface area (TPSA) is 84.9 Å². The molecule has 0 spiro atoms. The van der Waals surface area contributed by atoms with E-state index in [0.29, 0.717) is 48.1 Å². The van der Waals surface area contributed by atoms with Gasteiger partial charge in [0.15, 0.2) is 0 Å². The molecule has 2 saturated heterocycles. The summed E-state index contributed by atoms with van der Waals surface area (Å²) in [4.78, 5) is 37.3. The van der Waals surface area contributed by atoms with Crippen LogP contribution in [0.15, 0.2) is 48.7 Å². The predicted molar refractivity (Wildman–Crippen MR) is 127 cm³/mol. The van der Waals surface area contributed by atoms with Gasteiger partial charge in [0.05, 0.1) is 23.2 Å². The van der Waals surface area contributed by atoms with Gasteiger partial charge in [0.2, 0.25) is 5.88 Å². The first-order valence-electron chi connectivity index (χ1n) is 11.8. The highest BCUT2D eigenvalue weighted by Gasteiger charge is 2.48. The number of fused-ring (bicyclic) bond motifs is 3. The molecule has 8 nitrogen and oxygen atoms in total. The molecule has 0 aliphatic carbocycles. The second-order valence-electron chi connectivity index (χ2n) is 10.2. The van der Waals surface area contributed by atoms with Crippen LogP contribution in [-0.4, -0.2) is 62.5 Å². The van der Waals surface area contributed by atoms with E-state index in [2.05, 4.69) is 9.97 Å². The fourth-order valence-corrected chi connectivity index (χ4v) is 4.62. The molecule has 2 bridgehead atoms. The van der Waals surface area contributed by atoms with Crippen molar-refractivity contribution in [2.24, 2.45) is 0 Å². The van der Waals surface area contributed by atoms with Gasteiger partial charge in [0, 0.05) is 30.7 Å². The SMILES string of the molecule is CC(C)(C)OC(=O)N1C[C@@H]2C[C@H]1CN2C(=O)c1ccc2cc(Oc3ccc(C(F)(F)F)cn3)ccc2n1. The van der Waals surface area contributed by atoms with Crippen molar-refractivity contribution in [3.05, 3.63) is 59.9 Å². The lowest BCUT2D eigenvalue weighted by molar-refractivity contribution is -0.137. The minimum Gasteiger partial charge on any atom is -0.444 e. The first-order valence-corrected chi connectivity index (χ1v) is 11.8. The molecule has 2 amide bonds. The van der Waals surface area contributed by atoms with Gasteiger partial charge in [0.1, 0.15) is 17.0 Å². The lowest BCUT2D eigenvalue weighted by Crippen LogP contribution is -2.51. The molecule has 4 heterocycles. The van der Waals surface area contributed by atoms with Crippen LogP contribution in [0.2, 0.25) is 0 Å². The third-order valence-corrected chi connectivity index (χ3v) is 6.30. The summed E-state index contributed by atoms with van der Waals surface area (Å²) in [5.41, 5.74) is -0.577. The Morgan fingerprint density at radius 3 is 2.32 bits per heavy atom. The quantitative estimate of drug-likeness (QED) is 0.473. The van der Waals surface area contributed by atoms with Gasteiger partial charge < -0.3 is 19.3 Å². The van der Waals surface area contributed by atoms with Crippen molar-refractivity contribution in [3.63, 3.8) is 0 Å². The zero-order valence-electron chi connectivity index (χ0n) is 20.5. The normalized spacial score (nSPS) is 19.4. The fraction of sp³-hybridized carbons (Fsp3) is 0.385. The van der Waals surface area contributed by atoms with Crippen LogP contribution in [0.3, 0.4) is 0 Å². The summed E-state index contributed by atoms with van der Waals surface area (Å²) in [5, 5.41) is 0.694. The monoisotopic (exact) mass is 514 g/mol. The Hall–Kier alpha value is -3.89. The van der Waals surface area contributed by atoms with Crippen LogP contribution in [0, 0.1) is 0 Å². The Labute approximate surface area is 211 Å². The van der Waals surface area contributed by atoms with Crippen molar-refractivity contribution >= 4 is 22.9 Å². The van der Waals surface area contributed by atoms with Gasteiger partial charge in [-0.3, -0.25) is 4.79 Å². The van der Waals surface area contributed by atoms with Gasteiger partial charge in [0.25, 0.3) is 5.91 Å². The Balaban J connectivity index is 1.25. The largest absolute Gasteiger partial charge is 0.444 e. The van der Waals surface area contributed by atoms with Gasteiger partial charge in [-0.1, -0.05) is 6.07 Å². The fourth-order valence-electron chi connectivity index (χ4n) is 4.62. The van der Waals surface area contributed by atoms with E-state index < -0.39 is 17.3 Å². The first kappa shape index (κ1) is 24.8. The molecule has 2 aliphatic rings. The standard InChI is InChI=1S/C26H25F3N4O4/c1-25(2,3)37-24(35)33-14-17-11-18(33)13-32(17)23(34)21-7-4-15-10-19(6-8-20(15)31-21)36-22-9-5-16(12-30-22)26(27,28)29/h4-10,12,17-18H,11,13-14H2,1-3H3/t17-,18-/m0/s1. The number of hydrogen-bond donors (Lipinski definition) is 0. The van der Waals surface area contributed by atoms with Crippen molar-refractivity contribution in [2.45, 2.75) is 51.1 Å². The predicted octanol–water partition coefficient (Wildman–Crippen LogP) is 5.27. The van der Waals surface area contributed by atoms with E-state index in [9.17, 15) is 22.8 Å². The van der Waals surface area contributed by atoms with E-state index in [4.69, 9.17) is 9.47 Å². The Morgan fingerprint density at radius 1 is 0.973 bits per heavy atom. The average molecular weight is 515 g/mol. The molecule has 2 atom stereocenters. The molecular weight excluding hydrogens is 489 g/mol. The minimum absolute atomic E-state index is 0.0246. The Bertz CT molecular complexity index is 1350. The smallest absolute Gasteiger partial charge is 0.417 e. The number of rotatable bonds is 3. The van der Waals surface area contributed by atoms with E-state index in [0.717, 1.165) is 12.1 Å². The van der Waals surface area contributed by atoms with Crippen molar-refractivity contribution in [3.8, 4) is 11.6 Å². The van der Waals surface area contributed by atoms with E-state index in [1.54, 1.807) is 40.1 Å². The molecule has 0 saturated carbocycles. The van der Waals surface area contributed by atoms with Crippen LogP contribution in [0.25, 0.3) is 10.9 Å². The van der Waals surface area contributed by atoms with Crippen LogP contribution in [0.1, 0.15) is 43.2 Å². The lowest BCUT2D eigenvalue weighted by atomic mass is 10.1. The number of carbonyl (C=O) groups is 2. The number of carbonyl (C=O) groups excluding carboxylic acids is 2. The first-order chi connectivity index (χ1) is 17.4. The molecule has 1 aromatic carbocycles. The number of likely N-dealkylation sites (tertiary alicyclic amines) is 2. The summed E-state index contributed by atoms with van der Waals surface area (Å²) in [7, 11) is 0. The number of ether oxygens (including phenoxy) is 2. The van der Waals surface area contributed by atoms with Crippen LogP contribution >= 0.6 is 0 Å². The van der Waals surface area contributed by atoms with Crippen LogP contribution in [0.4, 0.5) is 18.0 Å². The van der Waals surface area contributed by atoms with Gasteiger partial charge in [-0.25, -0.2) is 14.8 Å². The molecule has 3 aromatic rings. The van der Waals surface area contributed by atoms with E-state index in [1.807, 2.05) is 20.8 Å².